The van der Waals surface area contributed by atoms with E-state index < -0.39 is 12.3 Å². The highest BCUT2D eigenvalue weighted by Gasteiger charge is 2.34. The fourth-order valence-corrected chi connectivity index (χ4v) is 1.11. The molecule has 0 bridgehead atoms. The first-order valence-corrected chi connectivity index (χ1v) is 4.18. The van der Waals surface area contributed by atoms with Gasteiger partial charge in [-0.2, -0.15) is 8.78 Å². The molecule has 5 heteroatoms. The van der Waals surface area contributed by atoms with E-state index in [1.165, 1.54) is 12.3 Å². The molecule has 0 saturated heterocycles. The van der Waals surface area contributed by atoms with Crippen LogP contribution >= 0.6 is 15.9 Å². The Morgan fingerprint density at radius 2 is 2.25 bits per heavy atom. The maximum Gasteiger partial charge on any atom is 0.305 e. The summed E-state index contributed by atoms with van der Waals surface area (Å²) in [6, 6.07) is 1.25. The molecule has 0 aromatic carbocycles. The zero-order valence-electron chi connectivity index (χ0n) is 6.19. The van der Waals surface area contributed by atoms with Gasteiger partial charge in [0.1, 0.15) is 6.26 Å². The van der Waals surface area contributed by atoms with Crippen molar-refractivity contribution in [3.8, 4) is 0 Å². The van der Waals surface area contributed by atoms with Gasteiger partial charge in [-0.25, -0.2) is 0 Å². The van der Waals surface area contributed by atoms with Crippen LogP contribution in [-0.2, 0) is 5.92 Å². The number of nitrogens with two attached hydrogens (primary N) is 1. The molecule has 0 aliphatic heterocycles. The molecule has 1 rings (SSSR count). The molecule has 2 nitrogen and oxygen atoms in total. The lowest BCUT2D eigenvalue weighted by molar-refractivity contribution is -0.0316. The van der Waals surface area contributed by atoms with Gasteiger partial charge in [0.25, 0.3) is 0 Å². The molecule has 0 amide bonds. The maximum atomic E-state index is 13.0. The standard InChI is InChI=1S/C7H8BrF2NO/c8-5-3-6(12-4-5)7(9,10)1-2-11/h3-4H,1-2,11H2. The molecule has 12 heavy (non-hydrogen) atoms. The first kappa shape index (κ1) is 9.67. The van der Waals surface area contributed by atoms with Crippen molar-refractivity contribution >= 4 is 15.9 Å². The summed E-state index contributed by atoms with van der Waals surface area (Å²) < 4.78 is 31.1. The molecule has 0 saturated carbocycles. The molecule has 1 aromatic rings. The van der Waals surface area contributed by atoms with Crippen LogP contribution in [0.2, 0.25) is 0 Å². The van der Waals surface area contributed by atoms with Crippen LogP contribution in [0.15, 0.2) is 21.2 Å². The van der Waals surface area contributed by atoms with E-state index in [4.69, 9.17) is 5.73 Å². The van der Waals surface area contributed by atoms with Crippen LogP contribution in [0, 0.1) is 0 Å². The summed E-state index contributed by atoms with van der Waals surface area (Å²) in [5.74, 6) is -3.30. The average molecular weight is 240 g/mol. The Morgan fingerprint density at radius 3 is 2.67 bits per heavy atom. The van der Waals surface area contributed by atoms with Crippen LogP contribution in [0.5, 0.6) is 0 Å². The molecule has 1 aromatic heterocycles. The summed E-state index contributed by atoms with van der Waals surface area (Å²) in [5.41, 5.74) is 5.03. The van der Waals surface area contributed by atoms with Crippen molar-refractivity contribution in [2.24, 2.45) is 5.73 Å². The van der Waals surface area contributed by atoms with Crippen molar-refractivity contribution in [2.45, 2.75) is 12.3 Å². The highest BCUT2D eigenvalue weighted by Crippen LogP contribution is 2.33. The SMILES string of the molecule is NCCC(F)(F)c1cc(Br)co1. The predicted octanol–water partition coefficient (Wildman–Crippen LogP) is 2.48. The molecule has 0 aliphatic rings. The fraction of sp³-hybridized carbons (Fsp3) is 0.429. The van der Waals surface area contributed by atoms with Gasteiger partial charge in [-0.1, -0.05) is 0 Å². The van der Waals surface area contributed by atoms with Gasteiger partial charge in [-0.3, -0.25) is 0 Å². The zero-order valence-corrected chi connectivity index (χ0v) is 7.77. The summed E-state index contributed by atoms with van der Waals surface area (Å²) in [6.45, 7) is -0.0642. The van der Waals surface area contributed by atoms with Gasteiger partial charge in [0.05, 0.1) is 4.47 Å². The molecule has 0 spiro atoms. The number of halogens is 3. The van der Waals surface area contributed by atoms with Crippen LogP contribution in [0.4, 0.5) is 8.78 Å². The molecule has 68 valence electrons. The van der Waals surface area contributed by atoms with E-state index in [0.29, 0.717) is 4.47 Å². The molecule has 0 unspecified atom stereocenters. The Kier molecular flexibility index (Phi) is 2.85. The number of furan rings is 1. The van der Waals surface area contributed by atoms with Crippen LogP contribution in [0.1, 0.15) is 12.2 Å². The lowest BCUT2D eigenvalue weighted by atomic mass is 10.2. The number of hydrogen-bond donors (Lipinski definition) is 1. The van der Waals surface area contributed by atoms with E-state index in [1.807, 2.05) is 0 Å². The van der Waals surface area contributed by atoms with Crippen LogP contribution in [-0.4, -0.2) is 6.54 Å². The normalized spacial score (nSPS) is 12.0. The third kappa shape index (κ3) is 2.04. The molecule has 0 atom stereocenters. The van der Waals surface area contributed by atoms with Crippen molar-refractivity contribution in [1.82, 2.24) is 0 Å². The smallest absolute Gasteiger partial charge is 0.305 e. The van der Waals surface area contributed by atoms with Crippen LogP contribution in [0.3, 0.4) is 0 Å². The van der Waals surface area contributed by atoms with E-state index in [0.717, 1.165) is 0 Å². The van der Waals surface area contributed by atoms with Crippen molar-refractivity contribution in [3.05, 3.63) is 22.6 Å². The number of alkyl halides is 2. The Labute approximate surface area is 76.9 Å². The van der Waals surface area contributed by atoms with Gasteiger partial charge in [-0.15, -0.1) is 0 Å². The predicted molar refractivity (Wildman–Crippen MR) is 44.0 cm³/mol. The molecule has 0 fully saturated rings. The van der Waals surface area contributed by atoms with Crippen molar-refractivity contribution in [2.75, 3.05) is 6.54 Å². The number of hydrogen-bond acceptors (Lipinski definition) is 2. The first-order valence-electron chi connectivity index (χ1n) is 3.38. The van der Waals surface area contributed by atoms with E-state index in [-0.39, 0.29) is 12.3 Å². The van der Waals surface area contributed by atoms with Crippen molar-refractivity contribution < 1.29 is 13.2 Å². The summed E-state index contributed by atoms with van der Waals surface area (Å²) in [4.78, 5) is 0. The lowest BCUT2D eigenvalue weighted by Crippen LogP contribution is -2.17. The lowest BCUT2D eigenvalue weighted by Gasteiger charge is -2.10. The first-order chi connectivity index (χ1) is 5.56. The Balaban J connectivity index is 2.81. The van der Waals surface area contributed by atoms with E-state index >= 15 is 0 Å². The van der Waals surface area contributed by atoms with Crippen LogP contribution < -0.4 is 5.73 Å². The second-order valence-electron chi connectivity index (χ2n) is 2.37. The minimum atomic E-state index is -2.96. The highest BCUT2D eigenvalue weighted by atomic mass is 79.9. The summed E-state index contributed by atoms with van der Waals surface area (Å²) in [7, 11) is 0. The topological polar surface area (TPSA) is 39.2 Å². The van der Waals surface area contributed by atoms with Gasteiger partial charge in [-0.05, 0) is 22.5 Å². The van der Waals surface area contributed by atoms with Crippen molar-refractivity contribution in [3.63, 3.8) is 0 Å². The third-order valence-electron chi connectivity index (χ3n) is 1.39. The quantitative estimate of drug-likeness (QED) is 0.881. The largest absolute Gasteiger partial charge is 0.462 e. The fourth-order valence-electron chi connectivity index (χ4n) is 0.809. The Morgan fingerprint density at radius 1 is 1.58 bits per heavy atom. The summed E-state index contributed by atoms with van der Waals surface area (Å²) in [6.07, 6.45) is 0.826. The molecular weight excluding hydrogens is 232 g/mol. The second-order valence-corrected chi connectivity index (χ2v) is 3.29. The Hall–Kier alpha value is -0.420. The molecule has 0 aliphatic carbocycles. The molecule has 0 radical (unpaired) electrons. The summed E-state index contributed by atoms with van der Waals surface area (Å²) >= 11 is 3.02. The van der Waals surface area contributed by atoms with Gasteiger partial charge < -0.3 is 10.2 Å². The molecule has 1 heterocycles. The highest BCUT2D eigenvalue weighted by molar-refractivity contribution is 9.10. The zero-order chi connectivity index (χ0) is 9.19. The average Bonchev–Trinajstić information content (AvgIpc) is 2.36. The van der Waals surface area contributed by atoms with E-state index in [2.05, 4.69) is 20.3 Å². The third-order valence-corrected chi connectivity index (χ3v) is 1.80. The van der Waals surface area contributed by atoms with Gasteiger partial charge in [0, 0.05) is 12.5 Å². The van der Waals surface area contributed by atoms with Crippen LogP contribution in [0.25, 0.3) is 0 Å². The minimum absolute atomic E-state index is 0.0642. The van der Waals surface area contributed by atoms with E-state index in [1.54, 1.807) is 0 Å². The van der Waals surface area contributed by atoms with E-state index in [9.17, 15) is 8.78 Å². The second kappa shape index (κ2) is 3.53. The monoisotopic (exact) mass is 239 g/mol. The molecule has 2 N–H and O–H groups in total. The molecular formula is C7H8BrF2NO. The Bertz CT molecular complexity index is 262. The van der Waals surface area contributed by atoms with Gasteiger partial charge >= 0.3 is 5.92 Å². The minimum Gasteiger partial charge on any atom is -0.462 e. The van der Waals surface area contributed by atoms with Gasteiger partial charge in [0.2, 0.25) is 0 Å². The summed E-state index contributed by atoms with van der Waals surface area (Å²) in [5, 5.41) is 0. The van der Waals surface area contributed by atoms with Gasteiger partial charge in [0.15, 0.2) is 5.76 Å². The number of rotatable bonds is 3. The maximum absolute atomic E-state index is 13.0. The van der Waals surface area contributed by atoms with Crippen molar-refractivity contribution in [1.29, 1.82) is 0 Å².